The van der Waals surface area contributed by atoms with Crippen LogP contribution in [0.5, 0.6) is 17.4 Å². The Balaban J connectivity index is 1.73. The first-order valence-corrected chi connectivity index (χ1v) is 8.45. The van der Waals surface area contributed by atoms with Crippen molar-refractivity contribution in [3.63, 3.8) is 0 Å². The maximum atomic E-state index is 12.6. The van der Waals surface area contributed by atoms with Gasteiger partial charge >= 0.3 is 0 Å². The van der Waals surface area contributed by atoms with Gasteiger partial charge in [0.1, 0.15) is 23.9 Å². The second kappa shape index (κ2) is 6.69. The van der Waals surface area contributed by atoms with Crippen molar-refractivity contribution in [2.75, 3.05) is 6.61 Å². The van der Waals surface area contributed by atoms with E-state index >= 15 is 0 Å². The Labute approximate surface area is 154 Å². The third-order valence-corrected chi connectivity index (χ3v) is 4.28. The first kappa shape index (κ1) is 16.4. The number of halogens is 1. The molecule has 1 aliphatic rings. The van der Waals surface area contributed by atoms with E-state index in [1.165, 1.54) is 0 Å². The number of nitrogens with zero attached hydrogens (tertiary/aromatic N) is 1. The molecule has 0 saturated carbocycles. The highest BCUT2D eigenvalue weighted by Gasteiger charge is 2.22. The average molecular weight is 367 g/mol. The number of rotatable bonds is 4. The van der Waals surface area contributed by atoms with Crippen molar-refractivity contribution in [1.29, 1.82) is 0 Å². The van der Waals surface area contributed by atoms with Gasteiger partial charge in [-0.3, -0.25) is 4.79 Å². The van der Waals surface area contributed by atoms with Crippen molar-refractivity contribution >= 4 is 11.6 Å². The molecule has 0 unspecified atom stereocenters. The van der Waals surface area contributed by atoms with Gasteiger partial charge < -0.3 is 14.5 Å². The van der Waals surface area contributed by atoms with Crippen molar-refractivity contribution in [1.82, 2.24) is 9.97 Å². The summed E-state index contributed by atoms with van der Waals surface area (Å²) < 4.78 is 11.4. The van der Waals surface area contributed by atoms with Gasteiger partial charge in [0.2, 0.25) is 5.88 Å². The molecule has 130 valence electrons. The highest BCUT2D eigenvalue weighted by atomic mass is 35.5. The summed E-state index contributed by atoms with van der Waals surface area (Å²) in [5, 5.41) is 0.605. The number of H-pyrrole nitrogens is 1. The Bertz CT molecular complexity index is 1060. The fourth-order valence-corrected chi connectivity index (χ4v) is 3.02. The predicted octanol–water partition coefficient (Wildman–Crippen LogP) is 4.35. The molecular formula is C20H15ClN2O3. The lowest BCUT2D eigenvalue weighted by atomic mass is 10.0. The molecule has 1 N–H and O–H groups in total. The van der Waals surface area contributed by atoms with Crippen LogP contribution in [0.2, 0.25) is 5.02 Å². The molecule has 4 rings (SSSR count). The zero-order chi connectivity index (χ0) is 18.1. The lowest BCUT2D eigenvalue weighted by Gasteiger charge is -2.19. The zero-order valence-corrected chi connectivity index (χ0v) is 14.5. The Morgan fingerprint density at radius 2 is 2.19 bits per heavy atom. The summed E-state index contributed by atoms with van der Waals surface area (Å²) in [5.74, 6) is 2.07. The largest absolute Gasteiger partial charge is 0.490 e. The van der Waals surface area contributed by atoms with Crippen molar-refractivity contribution < 1.29 is 9.47 Å². The maximum Gasteiger partial charge on any atom is 0.258 e. The van der Waals surface area contributed by atoms with E-state index in [9.17, 15) is 4.79 Å². The van der Waals surface area contributed by atoms with Crippen molar-refractivity contribution in [3.8, 4) is 28.8 Å². The summed E-state index contributed by atoms with van der Waals surface area (Å²) in [6, 6.07) is 12.7. The number of benzene rings is 2. The van der Waals surface area contributed by atoms with Crippen LogP contribution < -0.4 is 15.0 Å². The smallest absolute Gasteiger partial charge is 0.258 e. The first-order chi connectivity index (χ1) is 12.6. The molecule has 2 aromatic carbocycles. The lowest BCUT2D eigenvalue weighted by Crippen LogP contribution is -2.20. The van der Waals surface area contributed by atoms with Crippen molar-refractivity contribution in [2.45, 2.75) is 6.42 Å². The van der Waals surface area contributed by atoms with Gasteiger partial charge in [-0.15, -0.1) is 0 Å². The third-order valence-electron chi connectivity index (χ3n) is 4.05. The lowest BCUT2D eigenvalue weighted by molar-refractivity contribution is 0.363. The standard InChI is InChI=1S/C20H15ClN2O3/c1-2-8-25-15-5-3-4-12(10-15)18-22-19(24)16-11-13-9-14(21)6-7-17(13)26-20(16)23-18/h2-7,9-10H,1,8,11H2,(H,22,23,24). The van der Waals surface area contributed by atoms with Crippen molar-refractivity contribution in [2.24, 2.45) is 0 Å². The second-order valence-corrected chi connectivity index (χ2v) is 6.29. The molecule has 3 aromatic rings. The molecule has 0 amide bonds. The molecule has 0 fully saturated rings. The minimum absolute atomic E-state index is 0.229. The number of fused-ring (bicyclic) bond motifs is 2. The van der Waals surface area contributed by atoms with Crippen LogP contribution in [0.1, 0.15) is 11.1 Å². The SMILES string of the molecule is C=CCOc1cccc(-c2nc3c(c(=O)[nH]2)Cc2cc(Cl)ccc2O3)c1. The van der Waals surface area contributed by atoms with Gasteiger partial charge in [-0.25, -0.2) is 0 Å². The van der Waals surface area contributed by atoms with Crippen molar-refractivity contribution in [3.05, 3.63) is 81.6 Å². The molecule has 0 saturated heterocycles. The van der Waals surface area contributed by atoms with Crippen LogP contribution in [0.25, 0.3) is 11.4 Å². The van der Waals surface area contributed by atoms with Crippen LogP contribution in [-0.4, -0.2) is 16.6 Å². The maximum absolute atomic E-state index is 12.6. The molecule has 0 aliphatic carbocycles. The summed E-state index contributed by atoms with van der Waals surface area (Å²) >= 11 is 6.02. The van der Waals surface area contributed by atoms with E-state index in [1.807, 2.05) is 24.3 Å². The molecule has 0 spiro atoms. The summed E-state index contributed by atoms with van der Waals surface area (Å²) in [6.07, 6.45) is 2.10. The first-order valence-electron chi connectivity index (χ1n) is 8.07. The van der Waals surface area contributed by atoms with Crippen LogP contribution in [0.3, 0.4) is 0 Å². The van der Waals surface area contributed by atoms with Crippen LogP contribution in [0.4, 0.5) is 0 Å². The van der Waals surface area contributed by atoms with Crippen LogP contribution in [-0.2, 0) is 6.42 Å². The van der Waals surface area contributed by atoms with E-state index in [0.717, 1.165) is 11.1 Å². The number of aromatic nitrogens is 2. The van der Waals surface area contributed by atoms with E-state index in [1.54, 1.807) is 24.3 Å². The highest BCUT2D eigenvalue weighted by molar-refractivity contribution is 6.30. The molecule has 0 atom stereocenters. The molecule has 6 heteroatoms. The van der Waals surface area contributed by atoms with Crippen LogP contribution in [0.15, 0.2) is 59.9 Å². The second-order valence-electron chi connectivity index (χ2n) is 5.86. The van der Waals surface area contributed by atoms with Gasteiger partial charge in [0.15, 0.2) is 0 Å². The number of aromatic amines is 1. The van der Waals surface area contributed by atoms with E-state index in [-0.39, 0.29) is 5.56 Å². The van der Waals surface area contributed by atoms with Gasteiger partial charge in [-0.1, -0.05) is 36.4 Å². The fraction of sp³-hybridized carbons (Fsp3) is 0.100. The van der Waals surface area contributed by atoms with Gasteiger partial charge in [-0.05, 0) is 30.3 Å². The van der Waals surface area contributed by atoms with Gasteiger partial charge in [0.05, 0.1) is 5.56 Å². The summed E-state index contributed by atoms with van der Waals surface area (Å²) in [7, 11) is 0. The quantitative estimate of drug-likeness (QED) is 0.545. The Kier molecular flexibility index (Phi) is 4.22. The van der Waals surface area contributed by atoms with Gasteiger partial charge in [-0.2, -0.15) is 4.98 Å². The predicted molar refractivity (Wildman–Crippen MR) is 100 cm³/mol. The van der Waals surface area contributed by atoms with E-state index in [2.05, 4.69) is 16.5 Å². The van der Waals surface area contributed by atoms with E-state index in [0.29, 0.717) is 46.8 Å². The Hall–Kier alpha value is -3.05. The molecular weight excluding hydrogens is 352 g/mol. The minimum atomic E-state index is -0.229. The molecule has 1 aromatic heterocycles. The van der Waals surface area contributed by atoms with E-state index in [4.69, 9.17) is 21.1 Å². The van der Waals surface area contributed by atoms with Crippen LogP contribution in [0, 0.1) is 0 Å². The third kappa shape index (κ3) is 3.09. The topological polar surface area (TPSA) is 64.2 Å². The van der Waals surface area contributed by atoms with E-state index < -0.39 is 0 Å². The number of hydrogen-bond donors (Lipinski definition) is 1. The fourth-order valence-electron chi connectivity index (χ4n) is 2.82. The normalized spacial score (nSPS) is 11.9. The summed E-state index contributed by atoms with van der Waals surface area (Å²) in [5.41, 5.74) is 1.86. The molecule has 0 radical (unpaired) electrons. The molecule has 1 aliphatic heterocycles. The molecule has 26 heavy (non-hydrogen) atoms. The molecule has 0 bridgehead atoms. The zero-order valence-electron chi connectivity index (χ0n) is 13.8. The number of hydrogen-bond acceptors (Lipinski definition) is 4. The van der Waals surface area contributed by atoms with Gasteiger partial charge in [0.25, 0.3) is 5.56 Å². The minimum Gasteiger partial charge on any atom is -0.490 e. The Morgan fingerprint density at radius 1 is 1.31 bits per heavy atom. The van der Waals surface area contributed by atoms with Crippen LogP contribution >= 0.6 is 11.6 Å². The monoisotopic (exact) mass is 366 g/mol. The van der Waals surface area contributed by atoms with Gasteiger partial charge in [0, 0.05) is 22.6 Å². The summed E-state index contributed by atoms with van der Waals surface area (Å²) in [4.78, 5) is 19.9. The number of nitrogens with one attached hydrogen (secondary N) is 1. The molecule has 2 heterocycles. The number of ether oxygens (including phenoxy) is 2. The average Bonchev–Trinajstić information content (AvgIpc) is 2.65. The summed E-state index contributed by atoms with van der Waals surface area (Å²) in [6.45, 7) is 4.03. The Morgan fingerprint density at radius 3 is 3.04 bits per heavy atom. The highest BCUT2D eigenvalue weighted by Crippen LogP contribution is 2.35. The molecule has 5 nitrogen and oxygen atoms in total.